The lowest BCUT2D eigenvalue weighted by Crippen LogP contribution is -2.34. The third-order valence-corrected chi connectivity index (χ3v) is 2.90. The van der Waals surface area contributed by atoms with Gasteiger partial charge in [0.2, 0.25) is 5.95 Å². The lowest BCUT2D eigenvalue weighted by molar-refractivity contribution is 0.573. The highest BCUT2D eigenvalue weighted by molar-refractivity contribution is 5.44. The molecule has 0 amide bonds. The van der Waals surface area contributed by atoms with E-state index in [1.54, 1.807) is 0 Å². The smallest absolute Gasteiger partial charge is 0.239 e. The fraction of sp³-hybridized carbons (Fsp3) is 0.636. The zero-order valence-electron chi connectivity index (χ0n) is 10.2. The molecule has 1 saturated carbocycles. The molecule has 0 aromatic carbocycles. The first-order valence-corrected chi connectivity index (χ1v) is 5.87. The third kappa shape index (κ3) is 2.82. The molecule has 0 radical (unpaired) electrons. The van der Waals surface area contributed by atoms with E-state index in [9.17, 15) is 4.39 Å². The van der Waals surface area contributed by atoms with Gasteiger partial charge in [-0.1, -0.05) is 0 Å². The average molecular weight is 239 g/mol. The van der Waals surface area contributed by atoms with Crippen LogP contribution in [-0.2, 0) is 0 Å². The molecule has 2 rings (SSSR count). The molecule has 1 heterocycles. The van der Waals surface area contributed by atoms with Gasteiger partial charge in [-0.2, -0.15) is 4.98 Å². The lowest BCUT2D eigenvalue weighted by atomic mass is 10.2. The van der Waals surface area contributed by atoms with Gasteiger partial charge in [0.25, 0.3) is 0 Å². The normalized spacial score (nSPS) is 15.1. The van der Waals surface area contributed by atoms with E-state index >= 15 is 0 Å². The van der Waals surface area contributed by atoms with E-state index in [2.05, 4.69) is 15.4 Å². The maximum absolute atomic E-state index is 13.8. The van der Waals surface area contributed by atoms with E-state index in [-0.39, 0.29) is 12.0 Å². The molecule has 1 aliphatic rings. The quantitative estimate of drug-likeness (QED) is 0.602. The molecule has 0 unspecified atom stereocenters. The summed E-state index contributed by atoms with van der Waals surface area (Å²) in [5.41, 5.74) is 2.34. The topological polar surface area (TPSA) is 67.1 Å². The standard InChI is InChI=1S/C11H18FN5/c1-7(2)17(6-8-3-4-8)10-9(12)5-14-11(15-10)16-13/h5,7-8H,3-4,6,13H2,1-2H3,(H,14,15,16). The summed E-state index contributed by atoms with van der Waals surface area (Å²) in [4.78, 5) is 9.81. The van der Waals surface area contributed by atoms with Gasteiger partial charge in [0.1, 0.15) is 0 Å². The number of rotatable bonds is 5. The molecule has 6 heteroatoms. The minimum atomic E-state index is -0.404. The Morgan fingerprint density at radius 2 is 2.29 bits per heavy atom. The number of nitrogens with two attached hydrogens (primary N) is 1. The molecule has 1 aliphatic carbocycles. The van der Waals surface area contributed by atoms with Crippen molar-refractivity contribution < 1.29 is 4.39 Å². The van der Waals surface area contributed by atoms with E-state index in [4.69, 9.17) is 5.84 Å². The van der Waals surface area contributed by atoms with E-state index in [1.807, 2.05) is 18.7 Å². The Morgan fingerprint density at radius 3 is 2.82 bits per heavy atom. The molecule has 1 fully saturated rings. The van der Waals surface area contributed by atoms with Crippen LogP contribution in [0.2, 0.25) is 0 Å². The van der Waals surface area contributed by atoms with Gasteiger partial charge in [0.05, 0.1) is 6.20 Å². The number of hydrogen-bond donors (Lipinski definition) is 2. The van der Waals surface area contributed by atoms with Gasteiger partial charge in [-0.3, -0.25) is 5.43 Å². The zero-order valence-corrected chi connectivity index (χ0v) is 10.2. The minimum absolute atomic E-state index is 0.200. The van der Waals surface area contributed by atoms with Gasteiger partial charge in [-0.05, 0) is 32.6 Å². The Balaban J connectivity index is 2.26. The molecule has 0 spiro atoms. The fourth-order valence-electron chi connectivity index (χ4n) is 1.75. The Bertz CT molecular complexity index is 391. The van der Waals surface area contributed by atoms with Crippen LogP contribution in [0.25, 0.3) is 0 Å². The first-order valence-electron chi connectivity index (χ1n) is 5.87. The zero-order chi connectivity index (χ0) is 12.4. The van der Waals surface area contributed by atoms with Gasteiger partial charge in [-0.25, -0.2) is 15.2 Å². The summed E-state index contributed by atoms with van der Waals surface area (Å²) in [6, 6.07) is 0.200. The maximum atomic E-state index is 13.8. The highest BCUT2D eigenvalue weighted by atomic mass is 19.1. The van der Waals surface area contributed by atoms with Crippen LogP contribution in [-0.4, -0.2) is 22.6 Å². The monoisotopic (exact) mass is 239 g/mol. The number of nitrogens with zero attached hydrogens (tertiary/aromatic N) is 3. The fourth-order valence-corrected chi connectivity index (χ4v) is 1.75. The summed E-state index contributed by atoms with van der Waals surface area (Å²) in [6.07, 6.45) is 3.59. The Kier molecular flexibility index (Phi) is 3.42. The van der Waals surface area contributed by atoms with Crippen molar-refractivity contribution in [2.24, 2.45) is 11.8 Å². The van der Waals surface area contributed by atoms with Gasteiger partial charge in [0.15, 0.2) is 11.6 Å². The lowest BCUT2D eigenvalue weighted by Gasteiger charge is -2.28. The molecular weight excluding hydrogens is 221 g/mol. The van der Waals surface area contributed by atoms with Crippen LogP contribution < -0.4 is 16.2 Å². The van der Waals surface area contributed by atoms with Crippen molar-refractivity contribution in [1.82, 2.24) is 9.97 Å². The largest absolute Gasteiger partial charge is 0.351 e. The van der Waals surface area contributed by atoms with E-state index < -0.39 is 5.82 Å². The van der Waals surface area contributed by atoms with Gasteiger partial charge >= 0.3 is 0 Å². The maximum Gasteiger partial charge on any atom is 0.239 e. The van der Waals surface area contributed by atoms with Gasteiger partial charge in [0, 0.05) is 12.6 Å². The van der Waals surface area contributed by atoms with Crippen molar-refractivity contribution >= 4 is 11.8 Å². The summed E-state index contributed by atoms with van der Waals surface area (Å²) < 4.78 is 13.8. The number of aromatic nitrogens is 2. The van der Waals surface area contributed by atoms with Crippen molar-refractivity contribution in [2.75, 3.05) is 16.9 Å². The van der Waals surface area contributed by atoms with Crippen LogP contribution in [0.1, 0.15) is 26.7 Å². The van der Waals surface area contributed by atoms with E-state index in [0.29, 0.717) is 11.7 Å². The second-order valence-corrected chi connectivity index (χ2v) is 4.70. The van der Waals surface area contributed by atoms with Crippen LogP contribution in [0.5, 0.6) is 0 Å². The van der Waals surface area contributed by atoms with Crippen LogP contribution in [0, 0.1) is 11.7 Å². The predicted octanol–water partition coefficient (Wildman–Crippen LogP) is 1.53. The van der Waals surface area contributed by atoms with Crippen molar-refractivity contribution in [3.63, 3.8) is 0 Å². The first kappa shape index (κ1) is 12.0. The van der Waals surface area contributed by atoms with Crippen molar-refractivity contribution in [1.29, 1.82) is 0 Å². The van der Waals surface area contributed by atoms with Crippen molar-refractivity contribution in [3.05, 3.63) is 12.0 Å². The number of hydrazine groups is 1. The van der Waals surface area contributed by atoms with Crippen LogP contribution in [0.15, 0.2) is 6.20 Å². The second kappa shape index (κ2) is 4.83. The van der Waals surface area contributed by atoms with E-state index in [1.165, 1.54) is 12.8 Å². The first-order chi connectivity index (χ1) is 8.11. The summed E-state index contributed by atoms with van der Waals surface area (Å²) >= 11 is 0. The Labute approximate surface area is 100 Å². The van der Waals surface area contributed by atoms with Crippen LogP contribution >= 0.6 is 0 Å². The highest BCUT2D eigenvalue weighted by Crippen LogP contribution is 2.32. The average Bonchev–Trinajstić information content (AvgIpc) is 3.10. The molecule has 0 atom stereocenters. The molecule has 5 nitrogen and oxygen atoms in total. The molecule has 0 aliphatic heterocycles. The molecule has 17 heavy (non-hydrogen) atoms. The summed E-state index contributed by atoms with van der Waals surface area (Å²) in [6.45, 7) is 4.90. The molecule has 0 bridgehead atoms. The highest BCUT2D eigenvalue weighted by Gasteiger charge is 2.27. The number of halogens is 1. The Morgan fingerprint density at radius 1 is 1.59 bits per heavy atom. The van der Waals surface area contributed by atoms with E-state index in [0.717, 1.165) is 12.7 Å². The molecular formula is C11H18FN5. The predicted molar refractivity (Wildman–Crippen MR) is 65.0 cm³/mol. The van der Waals surface area contributed by atoms with Crippen LogP contribution in [0.3, 0.4) is 0 Å². The number of hydrogen-bond acceptors (Lipinski definition) is 5. The molecule has 1 aromatic heterocycles. The number of nitrogens with one attached hydrogen (secondary N) is 1. The molecule has 1 aromatic rings. The molecule has 0 saturated heterocycles. The Hall–Kier alpha value is -1.43. The SMILES string of the molecule is CC(C)N(CC1CC1)c1nc(NN)ncc1F. The molecule has 3 N–H and O–H groups in total. The number of anilines is 2. The van der Waals surface area contributed by atoms with Crippen molar-refractivity contribution in [3.8, 4) is 0 Å². The summed E-state index contributed by atoms with van der Waals surface area (Å²) in [5.74, 6) is 6.07. The van der Waals surface area contributed by atoms with Crippen LogP contribution in [0.4, 0.5) is 16.2 Å². The third-order valence-electron chi connectivity index (χ3n) is 2.90. The minimum Gasteiger partial charge on any atom is -0.351 e. The molecule has 94 valence electrons. The second-order valence-electron chi connectivity index (χ2n) is 4.70. The van der Waals surface area contributed by atoms with Crippen molar-refractivity contribution in [2.45, 2.75) is 32.7 Å². The number of nitrogen functional groups attached to an aromatic ring is 1. The van der Waals surface area contributed by atoms with Gasteiger partial charge in [-0.15, -0.1) is 0 Å². The summed E-state index contributed by atoms with van der Waals surface area (Å²) in [5, 5.41) is 0. The van der Waals surface area contributed by atoms with Gasteiger partial charge < -0.3 is 4.90 Å². The summed E-state index contributed by atoms with van der Waals surface area (Å²) in [7, 11) is 0.